The molecule has 1 aromatic heterocycles. The van der Waals surface area contributed by atoms with E-state index in [0.717, 1.165) is 54.3 Å². The number of rotatable bonds is 19. The summed E-state index contributed by atoms with van der Waals surface area (Å²) in [5, 5.41) is 52.7. The Balaban J connectivity index is 1.62. The number of carboxylic acid groups (broad SMARTS) is 2. The lowest BCUT2D eigenvalue weighted by Gasteiger charge is -2.58. The number of allylic oxidation sites excluding steroid dienone is 1. The van der Waals surface area contributed by atoms with Crippen LogP contribution >= 0.6 is 0 Å². The van der Waals surface area contributed by atoms with Gasteiger partial charge in [-0.15, -0.1) is 11.7 Å². The molecule has 2 aliphatic carbocycles. The van der Waals surface area contributed by atoms with E-state index in [1.165, 1.54) is 0 Å². The third-order valence-electron chi connectivity index (χ3n) is 10.8. The molecule has 4 N–H and O–H groups in total. The number of hydrogen-bond acceptors (Lipinski definition) is 12. The van der Waals surface area contributed by atoms with E-state index >= 15 is 0 Å². The molecule has 7 atom stereocenters. The maximum atomic E-state index is 12.8. The van der Waals surface area contributed by atoms with E-state index < -0.39 is 47.4 Å². The highest BCUT2D eigenvalue weighted by Crippen LogP contribution is 2.63. The van der Waals surface area contributed by atoms with E-state index in [2.05, 4.69) is 29.5 Å². The molecule has 2 aliphatic heterocycles. The number of aromatic carboxylic acids is 2. The van der Waals surface area contributed by atoms with Gasteiger partial charge in [-0.05, 0) is 74.1 Å². The smallest absolute Gasteiger partial charge is 0.359 e. The van der Waals surface area contributed by atoms with Crippen LogP contribution in [0.3, 0.4) is 0 Å². The first-order valence-corrected chi connectivity index (χ1v) is 18.8. The summed E-state index contributed by atoms with van der Waals surface area (Å²) < 4.78 is 26.8. The molecule has 2 aromatic rings. The second kappa shape index (κ2) is 17.7. The van der Waals surface area contributed by atoms with Crippen molar-refractivity contribution in [1.82, 2.24) is 15.0 Å². The molecule has 54 heavy (non-hydrogen) atoms. The van der Waals surface area contributed by atoms with Gasteiger partial charge in [0.15, 0.2) is 5.69 Å². The Morgan fingerprint density at radius 1 is 1.04 bits per heavy atom. The highest BCUT2D eigenvalue weighted by molar-refractivity contribution is 6.03. The van der Waals surface area contributed by atoms with Crippen LogP contribution in [0.2, 0.25) is 0 Å². The molecule has 1 unspecified atom stereocenters. The van der Waals surface area contributed by atoms with Gasteiger partial charge >= 0.3 is 11.9 Å². The van der Waals surface area contributed by atoms with E-state index in [1.54, 1.807) is 24.3 Å². The number of carboxylic acids is 2. The number of aliphatic hydroxyl groups excluding tert-OH is 2. The largest absolute Gasteiger partial charge is 0.490 e. The zero-order valence-electron chi connectivity index (χ0n) is 30.4. The molecule has 292 valence electrons. The first kappa shape index (κ1) is 39.1. The Kier molecular flexibility index (Phi) is 12.8. The first-order valence-electron chi connectivity index (χ1n) is 18.8. The van der Waals surface area contributed by atoms with Gasteiger partial charge in [0.25, 0.3) is 0 Å². The number of aromatic nitrogens is 3. The number of hydrogen-bond donors (Lipinski definition) is 4. The number of unbranched alkanes of at least 4 members (excludes halogenated alkanes) is 2. The second-order valence-corrected chi connectivity index (χ2v) is 14.1. The van der Waals surface area contributed by atoms with E-state index in [4.69, 9.17) is 28.9 Å². The minimum absolute atomic E-state index is 0.000248. The average molecular weight is 751 g/mol. The van der Waals surface area contributed by atoms with Crippen molar-refractivity contribution in [2.45, 2.75) is 88.2 Å². The fraction of sp³-hybridized carbons (Fsp3) is 0.564. The van der Waals surface area contributed by atoms with Crippen LogP contribution in [0.4, 0.5) is 0 Å². The van der Waals surface area contributed by atoms with Gasteiger partial charge < -0.3 is 44.2 Å². The van der Waals surface area contributed by atoms with Gasteiger partial charge in [0.05, 0.1) is 24.8 Å². The van der Waals surface area contributed by atoms with Crippen LogP contribution in [0.25, 0.3) is 0 Å². The lowest BCUT2D eigenvalue weighted by Crippen LogP contribution is -2.63. The molecular formula is C39H50N4O11. The highest BCUT2D eigenvalue weighted by atomic mass is 16.8. The SMILES string of the molecule is C=CCOc1ccc2c(c1)[C@H]1[C@H](CCCCO)[C@@H](CCCCO)C=C3C(=NOC4CCCCO4)C[C@H](n4nnc(C(=O)O)c4C(=O)O)[C@@](OCC=C)(O2)[C@H]31. The quantitative estimate of drug-likeness (QED) is 0.0822. The summed E-state index contributed by atoms with van der Waals surface area (Å²) in [5.41, 5.74) is 0.791. The fourth-order valence-corrected chi connectivity index (χ4v) is 8.59. The number of aliphatic hydroxyl groups is 2. The molecular weight excluding hydrogens is 700 g/mol. The third-order valence-corrected chi connectivity index (χ3v) is 10.8. The van der Waals surface area contributed by atoms with Crippen molar-refractivity contribution >= 4 is 17.7 Å². The lowest BCUT2D eigenvalue weighted by atomic mass is 9.55. The van der Waals surface area contributed by atoms with Gasteiger partial charge in [-0.3, -0.25) is 0 Å². The molecule has 15 heteroatoms. The predicted octanol–water partition coefficient (Wildman–Crippen LogP) is 5.27. The molecule has 15 nitrogen and oxygen atoms in total. The van der Waals surface area contributed by atoms with Crippen molar-refractivity contribution in [3.05, 3.63) is 72.1 Å². The van der Waals surface area contributed by atoms with Crippen molar-refractivity contribution in [2.24, 2.45) is 22.9 Å². The van der Waals surface area contributed by atoms with Crippen LogP contribution in [0.15, 0.2) is 60.3 Å². The van der Waals surface area contributed by atoms with Crippen LogP contribution in [0, 0.1) is 17.8 Å². The van der Waals surface area contributed by atoms with Gasteiger partial charge in [0.2, 0.25) is 17.8 Å². The van der Waals surface area contributed by atoms with Crippen LogP contribution in [0.1, 0.15) is 103 Å². The molecule has 3 heterocycles. The van der Waals surface area contributed by atoms with E-state index in [0.29, 0.717) is 43.1 Å². The Hall–Kier alpha value is -4.57. The topological polar surface area (TPSA) is 204 Å². The van der Waals surface area contributed by atoms with Crippen molar-refractivity contribution in [3.8, 4) is 11.5 Å². The van der Waals surface area contributed by atoms with Gasteiger partial charge in [-0.2, -0.15) is 0 Å². The minimum Gasteiger partial charge on any atom is -0.490 e. The third kappa shape index (κ3) is 7.81. The van der Waals surface area contributed by atoms with Crippen molar-refractivity contribution < 1.29 is 53.8 Å². The maximum absolute atomic E-state index is 12.8. The molecule has 1 saturated heterocycles. The molecule has 0 radical (unpaired) electrons. The number of carbonyl (C=O) groups is 2. The van der Waals surface area contributed by atoms with Crippen molar-refractivity contribution in [1.29, 1.82) is 0 Å². The molecule has 0 bridgehead atoms. The van der Waals surface area contributed by atoms with Gasteiger partial charge in [-0.1, -0.05) is 48.0 Å². The van der Waals surface area contributed by atoms with Crippen molar-refractivity contribution in [3.63, 3.8) is 0 Å². The van der Waals surface area contributed by atoms with Gasteiger partial charge in [0, 0.05) is 37.5 Å². The number of benzene rings is 1. The number of fused-ring (bicyclic) bond motifs is 2. The zero-order valence-corrected chi connectivity index (χ0v) is 30.4. The normalized spacial score (nSPS) is 27.9. The number of nitrogens with zero attached hydrogens (tertiary/aromatic N) is 4. The molecule has 1 saturated carbocycles. The fourth-order valence-electron chi connectivity index (χ4n) is 8.59. The number of ether oxygens (including phenoxy) is 4. The van der Waals surface area contributed by atoms with Crippen molar-refractivity contribution in [2.75, 3.05) is 33.0 Å². The van der Waals surface area contributed by atoms with Gasteiger partial charge in [0.1, 0.15) is 24.1 Å². The summed E-state index contributed by atoms with van der Waals surface area (Å²) in [6.07, 6.45) is 11.5. The minimum atomic E-state index is -1.67. The Morgan fingerprint density at radius 3 is 2.50 bits per heavy atom. The molecule has 0 amide bonds. The van der Waals surface area contributed by atoms with Crippen LogP contribution in [-0.2, 0) is 14.3 Å². The Labute approximate surface area is 313 Å². The molecule has 2 fully saturated rings. The first-order chi connectivity index (χ1) is 26.3. The average Bonchev–Trinajstić information content (AvgIpc) is 3.63. The summed E-state index contributed by atoms with van der Waals surface area (Å²) in [7, 11) is 0. The summed E-state index contributed by atoms with van der Waals surface area (Å²) in [4.78, 5) is 31.2. The van der Waals surface area contributed by atoms with Crippen LogP contribution in [0.5, 0.6) is 11.5 Å². The van der Waals surface area contributed by atoms with E-state index in [9.17, 15) is 30.0 Å². The molecule has 4 aliphatic rings. The Bertz CT molecular complexity index is 1730. The Morgan fingerprint density at radius 2 is 1.81 bits per heavy atom. The lowest BCUT2D eigenvalue weighted by molar-refractivity contribution is -0.252. The summed E-state index contributed by atoms with van der Waals surface area (Å²) in [5.74, 6) is -4.68. The molecule has 0 spiro atoms. The maximum Gasteiger partial charge on any atom is 0.359 e. The summed E-state index contributed by atoms with van der Waals surface area (Å²) in [6.45, 7) is 8.60. The highest BCUT2D eigenvalue weighted by Gasteiger charge is 2.65. The van der Waals surface area contributed by atoms with Crippen LogP contribution in [-0.4, -0.2) is 98.2 Å². The van der Waals surface area contributed by atoms with Gasteiger partial charge in [-0.25, -0.2) is 14.3 Å². The molecule has 6 rings (SSSR count). The monoisotopic (exact) mass is 750 g/mol. The standard InChI is InChI=1S/C39H50N4O11/c1-3-18-50-25-14-15-30-28(22-25)33-26(12-6-9-17-45)24(11-5-8-16-44)21-27-29(41-54-32-13-7-10-20-51-32)23-31(39(53-30,34(27)33)52-19-4-2)43-36(38(48)49)35(37(46)47)40-42-43/h3-4,14-15,21-22,24,26,31-34,44-45H,1-2,5-13,16-20,23H2,(H,46,47)(H,48,49)/t24-,26+,31-,32?,33+,34+,39+/m0/s1. The predicted molar refractivity (Wildman–Crippen MR) is 195 cm³/mol. The molecule has 1 aromatic carbocycles. The zero-order chi connectivity index (χ0) is 38.2. The van der Waals surface area contributed by atoms with E-state index in [-0.39, 0.29) is 50.6 Å². The van der Waals surface area contributed by atoms with Crippen LogP contribution < -0.4 is 9.47 Å². The van der Waals surface area contributed by atoms with E-state index in [1.807, 2.05) is 6.07 Å². The summed E-state index contributed by atoms with van der Waals surface area (Å²) in [6, 6.07) is 4.45. The number of oxime groups is 1. The second-order valence-electron chi connectivity index (χ2n) is 14.1. The summed E-state index contributed by atoms with van der Waals surface area (Å²) >= 11 is 0.